The maximum Gasteiger partial charge on any atom is 0.573 e. The predicted octanol–water partition coefficient (Wildman–Crippen LogP) is 11.2. The van der Waals surface area contributed by atoms with Crippen molar-refractivity contribution in [2.75, 3.05) is 0 Å². The van der Waals surface area contributed by atoms with Gasteiger partial charge in [0, 0.05) is 23.1 Å². The molecule has 0 unspecified atom stereocenters. The number of ether oxygens (including phenoxy) is 1. The number of benzene rings is 4. The molecule has 0 aliphatic rings. The molecule has 0 atom stereocenters. The van der Waals surface area contributed by atoms with E-state index in [2.05, 4.69) is 4.74 Å². The van der Waals surface area contributed by atoms with Gasteiger partial charge in [-0.15, -0.1) is 13.2 Å². The lowest BCUT2D eigenvalue weighted by molar-refractivity contribution is -0.276. The molecule has 0 saturated heterocycles. The van der Waals surface area contributed by atoms with Crippen molar-refractivity contribution in [2.24, 2.45) is 0 Å². The van der Waals surface area contributed by atoms with Crippen molar-refractivity contribution in [1.29, 1.82) is 0 Å². The maximum absolute atomic E-state index is 14.9. The molecule has 4 rings (SSSR count). The Bertz CT molecular complexity index is 1630. The second-order valence-corrected chi connectivity index (χ2v) is 9.95. The summed E-state index contributed by atoms with van der Waals surface area (Å²) in [6, 6.07) is 12.1. The third-order valence-electron chi connectivity index (χ3n) is 6.82. The summed E-state index contributed by atoms with van der Waals surface area (Å²) >= 11 is 0. The van der Waals surface area contributed by atoms with Gasteiger partial charge in [0.1, 0.15) is 23.3 Å². The van der Waals surface area contributed by atoms with E-state index in [9.17, 15) is 43.9 Å². The molecule has 232 valence electrons. The molecule has 11 heteroatoms. The molecule has 0 N–H and O–H groups in total. The molecule has 0 aliphatic heterocycles. The Morgan fingerprint density at radius 1 is 0.659 bits per heavy atom. The van der Waals surface area contributed by atoms with Gasteiger partial charge in [0.25, 0.3) is 0 Å². The summed E-state index contributed by atoms with van der Waals surface area (Å²) in [5, 5.41) is 0. The largest absolute Gasteiger partial charge is 0.573 e. The van der Waals surface area contributed by atoms with E-state index >= 15 is 0 Å². The molecule has 1 nitrogen and oxygen atoms in total. The van der Waals surface area contributed by atoms with Gasteiger partial charge >= 0.3 is 6.36 Å². The van der Waals surface area contributed by atoms with Gasteiger partial charge in [-0.3, -0.25) is 0 Å². The number of hydrogen-bond donors (Lipinski definition) is 0. The normalized spacial score (nSPS) is 12.3. The molecule has 4 aromatic carbocycles. The number of allylic oxidation sites excluding steroid dienone is 1. The number of alkyl halides is 3. The highest BCUT2D eigenvalue weighted by atomic mass is 19.4. The number of rotatable bonds is 10. The number of halogens is 10. The van der Waals surface area contributed by atoms with E-state index in [0.717, 1.165) is 24.3 Å². The van der Waals surface area contributed by atoms with Crippen molar-refractivity contribution < 1.29 is 48.6 Å². The SMILES string of the molecule is CCCC/C(F)=C(\F)c1ccc(-c2cc(F)c(CCc3ccc(-c4cc(F)c(OC(F)(F)F)c(F)c4)c(F)c3)c(F)c2)cc1. The Balaban J connectivity index is 1.48. The molecular weight excluding hydrogens is 602 g/mol. The van der Waals surface area contributed by atoms with E-state index in [1.807, 2.05) is 6.92 Å². The molecule has 0 aromatic heterocycles. The van der Waals surface area contributed by atoms with E-state index in [-0.39, 0.29) is 52.6 Å². The van der Waals surface area contributed by atoms with Crippen LogP contribution in [0.25, 0.3) is 28.1 Å². The summed E-state index contributed by atoms with van der Waals surface area (Å²) in [4.78, 5) is 0. The van der Waals surface area contributed by atoms with Gasteiger partial charge in [-0.1, -0.05) is 49.7 Å². The Labute approximate surface area is 246 Å². The number of aryl methyl sites for hydroxylation is 1. The van der Waals surface area contributed by atoms with E-state index in [0.29, 0.717) is 30.5 Å². The lowest BCUT2D eigenvalue weighted by Gasteiger charge is -2.13. The molecule has 0 saturated carbocycles. The third-order valence-corrected chi connectivity index (χ3v) is 6.82. The highest BCUT2D eigenvalue weighted by molar-refractivity contribution is 5.69. The summed E-state index contributed by atoms with van der Waals surface area (Å²) in [5.74, 6) is -9.65. The third kappa shape index (κ3) is 7.81. The van der Waals surface area contributed by atoms with E-state index in [4.69, 9.17) is 0 Å². The first-order valence-electron chi connectivity index (χ1n) is 13.4. The van der Waals surface area contributed by atoms with Crippen LogP contribution < -0.4 is 4.74 Å². The molecule has 0 fully saturated rings. The predicted molar refractivity (Wildman–Crippen MR) is 146 cm³/mol. The Morgan fingerprint density at radius 2 is 1.25 bits per heavy atom. The van der Waals surface area contributed by atoms with Gasteiger partial charge in [-0.2, -0.15) is 0 Å². The van der Waals surface area contributed by atoms with Crippen LogP contribution in [0.1, 0.15) is 42.9 Å². The van der Waals surface area contributed by atoms with Crippen LogP contribution in [0.2, 0.25) is 0 Å². The topological polar surface area (TPSA) is 9.23 Å². The lowest BCUT2D eigenvalue weighted by Crippen LogP contribution is -2.19. The second kappa shape index (κ2) is 13.6. The zero-order valence-corrected chi connectivity index (χ0v) is 23.1. The molecule has 0 spiro atoms. The van der Waals surface area contributed by atoms with Crippen LogP contribution in [0.15, 0.2) is 72.6 Å². The van der Waals surface area contributed by atoms with Crippen molar-refractivity contribution in [3.05, 3.63) is 118 Å². The van der Waals surface area contributed by atoms with Crippen LogP contribution in [0.3, 0.4) is 0 Å². The summed E-state index contributed by atoms with van der Waals surface area (Å²) in [5.41, 5.74) is -0.191. The molecule has 0 heterocycles. The first-order chi connectivity index (χ1) is 20.8. The fourth-order valence-electron chi connectivity index (χ4n) is 4.56. The van der Waals surface area contributed by atoms with Crippen LogP contribution in [-0.4, -0.2) is 6.36 Å². The second-order valence-electron chi connectivity index (χ2n) is 9.95. The number of hydrogen-bond acceptors (Lipinski definition) is 1. The minimum Gasteiger partial charge on any atom is -0.399 e. The van der Waals surface area contributed by atoms with Gasteiger partial charge in [0.15, 0.2) is 17.5 Å². The highest BCUT2D eigenvalue weighted by Gasteiger charge is 2.34. The van der Waals surface area contributed by atoms with Crippen molar-refractivity contribution >= 4 is 5.83 Å². The average Bonchev–Trinajstić information content (AvgIpc) is 2.96. The van der Waals surface area contributed by atoms with E-state index < -0.39 is 52.9 Å². The molecule has 0 amide bonds. The lowest BCUT2D eigenvalue weighted by atomic mass is 9.97. The molecule has 0 bridgehead atoms. The van der Waals surface area contributed by atoms with Crippen LogP contribution in [0, 0.1) is 29.1 Å². The van der Waals surface area contributed by atoms with Crippen LogP contribution in [0.5, 0.6) is 5.75 Å². The minimum atomic E-state index is -5.34. The monoisotopic (exact) mass is 626 g/mol. The first kappa shape index (κ1) is 32.6. The van der Waals surface area contributed by atoms with Gasteiger partial charge in [0.05, 0.1) is 0 Å². The zero-order valence-electron chi connectivity index (χ0n) is 23.1. The number of unbranched alkanes of at least 4 members (excludes halogenated alkanes) is 1. The van der Waals surface area contributed by atoms with Gasteiger partial charge < -0.3 is 4.74 Å². The van der Waals surface area contributed by atoms with E-state index in [1.54, 1.807) is 0 Å². The molecule has 44 heavy (non-hydrogen) atoms. The van der Waals surface area contributed by atoms with Crippen molar-refractivity contribution in [3.63, 3.8) is 0 Å². The standard InChI is InChI=1S/C33H24F10O/c1-2-3-4-25(34)31(40)20-9-7-19(8-10-20)21-14-27(36)24(28(37)15-21)12-6-18-5-11-23(26(35)13-18)22-16-29(38)32(30(39)17-22)44-33(41,42)43/h5,7-11,13-17H,2-4,6,12H2,1H3/b31-25+. The summed E-state index contributed by atoms with van der Waals surface area (Å²) in [6.45, 7) is 1.85. The molecule has 4 aromatic rings. The Hall–Kier alpha value is -4.28. The van der Waals surface area contributed by atoms with Crippen molar-refractivity contribution in [2.45, 2.75) is 45.4 Å². The molecule has 0 aliphatic carbocycles. The van der Waals surface area contributed by atoms with E-state index in [1.165, 1.54) is 30.3 Å². The summed E-state index contributed by atoms with van der Waals surface area (Å²) in [6.07, 6.45) is -4.39. The molecular formula is C33H24F10O. The Kier molecular flexibility index (Phi) is 10.1. The smallest absolute Gasteiger partial charge is 0.399 e. The average molecular weight is 627 g/mol. The maximum atomic E-state index is 14.9. The highest BCUT2D eigenvalue weighted by Crippen LogP contribution is 2.34. The Morgan fingerprint density at radius 3 is 1.80 bits per heavy atom. The fraction of sp³-hybridized carbons (Fsp3) is 0.212. The van der Waals surface area contributed by atoms with Crippen molar-refractivity contribution in [1.82, 2.24) is 0 Å². The fourth-order valence-corrected chi connectivity index (χ4v) is 4.56. The van der Waals surface area contributed by atoms with Crippen LogP contribution >= 0.6 is 0 Å². The zero-order chi connectivity index (χ0) is 32.2. The van der Waals surface area contributed by atoms with Gasteiger partial charge in [0.2, 0.25) is 5.75 Å². The van der Waals surface area contributed by atoms with Crippen molar-refractivity contribution in [3.8, 4) is 28.0 Å². The summed E-state index contributed by atoms with van der Waals surface area (Å²) in [7, 11) is 0. The molecule has 0 radical (unpaired) electrons. The van der Waals surface area contributed by atoms with Crippen LogP contribution in [0.4, 0.5) is 43.9 Å². The summed E-state index contributed by atoms with van der Waals surface area (Å²) < 4.78 is 142. The first-order valence-corrected chi connectivity index (χ1v) is 13.4. The quantitative estimate of drug-likeness (QED) is 0.159. The van der Waals surface area contributed by atoms with Crippen LogP contribution in [-0.2, 0) is 12.8 Å². The van der Waals surface area contributed by atoms with Gasteiger partial charge in [-0.25, -0.2) is 30.7 Å². The minimum absolute atomic E-state index is 0.000854. The van der Waals surface area contributed by atoms with Gasteiger partial charge in [-0.05, 0) is 71.8 Å².